The molecule has 0 aliphatic carbocycles. The molecule has 3 aromatic rings. The average molecular weight is 430 g/mol. The smallest absolute Gasteiger partial charge is 0.412 e. The summed E-state index contributed by atoms with van der Waals surface area (Å²) in [5.74, 6) is -1.04. The lowest BCUT2D eigenvalue weighted by molar-refractivity contribution is -0.145. The first kappa shape index (κ1) is 21.6. The van der Waals surface area contributed by atoms with Gasteiger partial charge in [0.05, 0.1) is 17.4 Å². The van der Waals surface area contributed by atoms with Crippen molar-refractivity contribution < 1.29 is 19.4 Å². The fourth-order valence-electron chi connectivity index (χ4n) is 3.44. The molecular weight excluding hydrogens is 406 g/mol. The summed E-state index contributed by atoms with van der Waals surface area (Å²) in [5, 5.41) is 18.5. The molecule has 0 fully saturated rings. The van der Waals surface area contributed by atoms with E-state index in [1.165, 1.54) is 4.68 Å². The Balaban J connectivity index is 2.12. The van der Waals surface area contributed by atoms with Crippen molar-refractivity contribution in [3.05, 3.63) is 59.2 Å². The number of aromatic nitrogens is 2. The fourth-order valence-corrected chi connectivity index (χ4v) is 3.57. The minimum Gasteiger partial charge on any atom is -0.479 e. The second kappa shape index (κ2) is 7.99. The van der Waals surface area contributed by atoms with Crippen molar-refractivity contribution in [1.29, 1.82) is 0 Å². The molecule has 0 spiro atoms. The molecule has 1 aromatic heterocycles. The van der Waals surface area contributed by atoms with E-state index < -0.39 is 23.2 Å². The zero-order valence-corrected chi connectivity index (χ0v) is 18.0. The quantitative estimate of drug-likeness (QED) is 0.575. The van der Waals surface area contributed by atoms with Crippen molar-refractivity contribution in [2.24, 2.45) is 0 Å². The SMILES string of the molecule is CCC(C(=O)O)(c1ccc(Cl)cc1)n1ncc2c(NC(=O)OC(C)(C)C)cccc21. The zero-order chi connectivity index (χ0) is 22.1. The van der Waals surface area contributed by atoms with Crippen LogP contribution in [0.25, 0.3) is 10.9 Å². The second-order valence-electron chi connectivity index (χ2n) is 7.95. The third-order valence-corrected chi connectivity index (χ3v) is 5.05. The summed E-state index contributed by atoms with van der Waals surface area (Å²) in [5.41, 5.74) is -0.464. The van der Waals surface area contributed by atoms with Gasteiger partial charge < -0.3 is 9.84 Å². The molecule has 0 bridgehead atoms. The number of aliphatic carboxylic acids is 1. The van der Waals surface area contributed by atoms with Crippen LogP contribution in [-0.4, -0.2) is 32.6 Å². The van der Waals surface area contributed by atoms with Crippen molar-refractivity contribution in [2.75, 3.05) is 5.32 Å². The number of amides is 1. The van der Waals surface area contributed by atoms with Gasteiger partial charge in [0.1, 0.15) is 5.60 Å². The topological polar surface area (TPSA) is 93.5 Å². The molecule has 7 nitrogen and oxygen atoms in total. The predicted molar refractivity (Wildman–Crippen MR) is 116 cm³/mol. The number of anilines is 1. The van der Waals surface area contributed by atoms with Gasteiger partial charge in [0.25, 0.3) is 0 Å². The molecule has 2 aromatic carbocycles. The van der Waals surface area contributed by atoms with Crippen molar-refractivity contribution >= 4 is 40.3 Å². The average Bonchev–Trinajstić information content (AvgIpc) is 3.08. The lowest BCUT2D eigenvalue weighted by Gasteiger charge is -2.30. The molecule has 0 aliphatic heterocycles. The van der Waals surface area contributed by atoms with E-state index in [2.05, 4.69) is 10.4 Å². The summed E-state index contributed by atoms with van der Waals surface area (Å²) >= 11 is 6.00. The number of carbonyl (C=O) groups is 2. The molecule has 0 saturated carbocycles. The summed E-state index contributed by atoms with van der Waals surface area (Å²) in [6.45, 7) is 7.12. The third kappa shape index (κ3) is 3.98. The summed E-state index contributed by atoms with van der Waals surface area (Å²) in [4.78, 5) is 24.7. The van der Waals surface area contributed by atoms with Crippen LogP contribution in [0.15, 0.2) is 48.7 Å². The first-order valence-electron chi connectivity index (χ1n) is 9.55. The van der Waals surface area contributed by atoms with E-state index >= 15 is 0 Å². The van der Waals surface area contributed by atoms with Crippen molar-refractivity contribution in [2.45, 2.75) is 45.3 Å². The molecule has 1 atom stereocenters. The van der Waals surface area contributed by atoms with Gasteiger partial charge in [0.2, 0.25) is 0 Å². The third-order valence-electron chi connectivity index (χ3n) is 4.80. The molecule has 3 rings (SSSR count). The van der Waals surface area contributed by atoms with Gasteiger partial charge in [-0.3, -0.25) is 5.32 Å². The minimum atomic E-state index is -1.43. The maximum Gasteiger partial charge on any atom is 0.412 e. The molecule has 30 heavy (non-hydrogen) atoms. The Morgan fingerprint density at radius 1 is 1.17 bits per heavy atom. The summed E-state index contributed by atoms with van der Waals surface area (Å²) in [6, 6.07) is 11.9. The number of ether oxygens (including phenoxy) is 1. The van der Waals surface area contributed by atoms with Crippen LogP contribution in [0.4, 0.5) is 10.5 Å². The van der Waals surface area contributed by atoms with Crippen LogP contribution >= 0.6 is 11.6 Å². The van der Waals surface area contributed by atoms with Gasteiger partial charge in [0, 0.05) is 10.4 Å². The van der Waals surface area contributed by atoms with Crippen LogP contribution in [0.3, 0.4) is 0 Å². The Bertz CT molecular complexity index is 1090. The van der Waals surface area contributed by atoms with Gasteiger partial charge in [-0.2, -0.15) is 5.10 Å². The standard InChI is InChI=1S/C22H24ClN3O4/c1-5-22(19(27)28,14-9-11-15(23)12-10-14)26-18-8-6-7-17(16(18)13-24-26)25-20(29)30-21(2,3)4/h6-13H,5H2,1-4H3,(H,25,29)(H,27,28). The largest absolute Gasteiger partial charge is 0.479 e. The summed E-state index contributed by atoms with van der Waals surface area (Å²) in [7, 11) is 0. The molecule has 0 radical (unpaired) electrons. The van der Waals surface area contributed by atoms with Crippen LogP contribution in [0.2, 0.25) is 5.02 Å². The van der Waals surface area contributed by atoms with Gasteiger partial charge in [-0.1, -0.05) is 36.7 Å². The van der Waals surface area contributed by atoms with E-state index in [4.69, 9.17) is 16.3 Å². The monoisotopic (exact) mass is 429 g/mol. The molecule has 2 N–H and O–H groups in total. The zero-order valence-electron chi connectivity index (χ0n) is 17.3. The number of carbonyl (C=O) groups excluding carboxylic acids is 1. The second-order valence-corrected chi connectivity index (χ2v) is 8.38. The Morgan fingerprint density at radius 2 is 1.83 bits per heavy atom. The molecule has 1 unspecified atom stereocenters. The number of benzene rings is 2. The highest BCUT2D eigenvalue weighted by Gasteiger charge is 2.42. The van der Waals surface area contributed by atoms with E-state index in [1.54, 1.807) is 76.4 Å². The van der Waals surface area contributed by atoms with Crippen LogP contribution in [-0.2, 0) is 15.1 Å². The van der Waals surface area contributed by atoms with Gasteiger partial charge in [-0.05, 0) is 57.0 Å². The highest BCUT2D eigenvalue weighted by Crippen LogP contribution is 2.35. The number of halogens is 1. The highest BCUT2D eigenvalue weighted by molar-refractivity contribution is 6.30. The Labute approximate surface area is 179 Å². The number of nitrogens with zero attached hydrogens (tertiary/aromatic N) is 2. The maximum absolute atomic E-state index is 12.5. The molecular formula is C22H24ClN3O4. The first-order chi connectivity index (χ1) is 14.1. The van der Waals surface area contributed by atoms with E-state index in [0.717, 1.165) is 0 Å². The number of hydrogen-bond donors (Lipinski definition) is 2. The van der Waals surface area contributed by atoms with Crippen molar-refractivity contribution in [1.82, 2.24) is 9.78 Å². The number of carboxylic acids is 1. The summed E-state index contributed by atoms with van der Waals surface area (Å²) < 4.78 is 6.80. The molecule has 0 saturated heterocycles. The normalized spacial score (nSPS) is 13.6. The Hall–Kier alpha value is -3.06. The van der Waals surface area contributed by atoms with Crippen LogP contribution in [0.5, 0.6) is 0 Å². The molecule has 0 aliphatic rings. The van der Waals surface area contributed by atoms with Crippen LogP contribution in [0.1, 0.15) is 39.7 Å². The minimum absolute atomic E-state index is 0.254. The van der Waals surface area contributed by atoms with E-state index in [0.29, 0.717) is 27.2 Å². The van der Waals surface area contributed by atoms with E-state index in [-0.39, 0.29) is 6.42 Å². The number of nitrogens with one attached hydrogen (secondary N) is 1. The van der Waals surface area contributed by atoms with Crippen LogP contribution < -0.4 is 5.32 Å². The lowest BCUT2D eigenvalue weighted by atomic mass is 9.87. The predicted octanol–water partition coefficient (Wildman–Crippen LogP) is 5.27. The van der Waals surface area contributed by atoms with E-state index in [1.807, 2.05) is 0 Å². The summed E-state index contributed by atoms with van der Waals surface area (Å²) in [6.07, 6.45) is 1.20. The van der Waals surface area contributed by atoms with Crippen molar-refractivity contribution in [3.8, 4) is 0 Å². The lowest BCUT2D eigenvalue weighted by Crippen LogP contribution is -2.43. The van der Waals surface area contributed by atoms with Gasteiger partial charge in [0.15, 0.2) is 5.54 Å². The van der Waals surface area contributed by atoms with Crippen molar-refractivity contribution in [3.63, 3.8) is 0 Å². The number of hydrogen-bond acceptors (Lipinski definition) is 4. The number of fused-ring (bicyclic) bond motifs is 1. The number of rotatable bonds is 5. The Morgan fingerprint density at radius 3 is 2.40 bits per heavy atom. The van der Waals surface area contributed by atoms with Gasteiger partial charge >= 0.3 is 12.1 Å². The number of carboxylic acid groups (broad SMARTS) is 1. The fraction of sp³-hybridized carbons (Fsp3) is 0.318. The first-order valence-corrected chi connectivity index (χ1v) is 9.93. The Kier molecular flexibility index (Phi) is 5.76. The molecule has 158 valence electrons. The van der Waals surface area contributed by atoms with Gasteiger partial charge in [-0.15, -0.1) is 0 Å². The molecule has 1 amide bonds. The maximum atomic E-state index is 12.5. The molecule has 8 heteroatoms. The molecule has 1 heterocycles. The van der Waals surface area contributed by atoms with Crippen LogP contribution in [0, 0.1) is 0 Å². The van der Waals surface area contributed by atoms with Gasteiger partial charge in [-0.25, -0.2) is 14.3 Å². The van der Waals surface area contributed by atoms with E-state index in [9.17, 15) is 14.7 Å². The highest BCUT2D eigenvalue weighted by atomic mass is 35.5.